The summed E-state index contributed by atoms with van der Waals surface area (Å²) < 4.78 is 25.7. The number of benzene rings is 1. The third-order valence-electron chi connectivity index (χ3n) is 3.61. The Morgan fingerprint density at radius 1 is 1.38 bits per heavy atom. The van der Waals surface area contributed by atoms with Gasteiger partial charge in [0, 0.05) is 24.8 Å². The van der Waals surface area contributed by atoms with Crippen LogP contribution >= 0.6 is 11.6 Å². The van der Waals surface area contributed by atoms with Gasteiger partial charge in [-0.1, -0.05) is 11.6 Å². The molecule has 0 fully saturated rings. The first-order valence-electron chi connectivity index (χ1n) is 8.01. The van der Waals surface area contributed by atoms with Crippen molar-refractivity contribution in [2.24, 2.45) is 0 Å². The lowest BCUT2D eigenvalue weighted by Crippen LogP contribution is -2.22. The lowest BCUT2D eigenvalue weighted by Gasteiger charge is -2.06. The molecular formula is C18H17ClFN3O3. The van der Waals surface area contributed by atoms with Crippen molar-refractivity contribution in [2.45, 2.75) is 26.6 Å². The van der Waals surface area contributed by atoms with Crippen LogP contribution in [-0.2, 0) is 19.7 Å². The van der Waals surface area contributed by atoms with Crippen LogP contribution < -0.4 is 10.1 Å². The molecule has 1 aromatic carbocycles. The molecule has 136 valence electrons. The van der Waals surface area contributed by atoms with Crippen molar-refractivity contribution in [1.29, 1.82) is 0 Å². The molecule has 26 heavy (non-hydrogen) atoms. The molecule has 0 atom stereocenters. The Balaban J connectivity index is 1.54. The number of ether oxygens (including phenoxy) is 1. The summed E-state index contributed by atoms with van der Waals surface area (Å²) >= 11 is 5.90. The molecule has 0 bridgehead atoms. The maximum Gasteiger partial charge on any atom is 0.287 e. The van der Waals surface area contributed by atoms with Gasteiger partial charge >= 0.3 is 0 Å². The van der Waals surface area contributed by atoms with E-state index >= 15 is 0 Å². The number of hydrogen-bond acceptors (Lipinski definition) is 4. The second kappa shape index (κ2) is 8.05. The van der Waals surface area contributed by atoms with Crippen LogP contribution in [-0.4, -0.2) is 15.7 Å². The molecular weight excluding hydrogens is 361 g/mol. The fourth-order valence-electron chi connectivity index (χ4n) is 2.26. The second-order valence-electron chi connectivity index (χ2n) is 5.52. The molecule has 0 saturated carbocycles. The van der Waals surface area contributed by atoms with E-state index in [1.54, 1.807) is 23.0 Å². The Bertz CT molecular complexity index is 907. The average Bonchev–Trinajstić information content (AvgIpc) is 3.28. The van der Waals surface area contributed by atoms with Crippen molar-refractivity contribution < 1.29 is 18.3 Å². The van der Waals surface area contributed by atoms with E-state index in [0.717, 1.165) is 12.1 Å². The number of hydrogen-bond donors (Lipinski definition) is 1. The van der Waals surface area contributed by atoms with Gasteiger partial charge in [-0.25, -0.2) is 4.39 Å². The summed E-state index contributed by atoms with van der Waals surface area (Å²) in [5.41, 5.74) is 0.904. The van der Waals surface area contributed by atoms with Gasteiger partial charge in [0.05, 0.1) is 11.2 Å². The second-order valence-corrected chi connectivity index (χ2v) is 5.92. The van der Waals surface area contributed by atoms with E-state index in [1.165, 1.54) is 18.2 Å². The van der Waals surface area contributed by atoms with Gasteiger partial charge in [0.1, 0.15) is 23.9 Å². The molecule has 0 aliphatic rings. The Labute approximate surface area is 154 Å². The van der Waals surface area contributed by atoms with Crippen LogP contribution in [0.25, 0.3) is 0 Å². The Kier molecular flexibility index (Phi) is 5.58. The summed E-state index contributed by atoms with van der Waals surface area (Å²) in [5.74, 6) is 0.193. The van der Waals surface area contributed by atoms with E-state index < -0.39 is 5.82 Å². The van der Waals surface area contributed by atoms with Crippen molar-refractivity contribution in [3.05, 3.63) is 70.6 Å². The highest BCUT2D eigenvalue weighted by molar-refractivity contribution is 6.32. The highest BCUT2D eigenvalue weighted by Gasteiger charge is 2.12. The van der Waals surface area contributed by atoms with Gasteiger partial charge in [0.25, 0.3) is 5.91 Å². The molecule has 1 amide bonds. The van der Waals surface area contributed by atoms with E-state index in [-0.39, 0.29) is 23.3 Å². The maximum absolute atomic E-state index is 13.0. The van der Waals surface area contributed by atoms with Gasteiger partial charge in [-0.05, 0) is 37.3 Å². The molecule has 8 heteroatoms. The van der Waals surface area contributed by atoms with Crippen LogP contribution in [0, 0.1) is 5.82 Å². The number of amides is 1. The first-order chi connectivity index (χ1) is 12.5. The van der Waals surface area contributed by atoms with E-state index in [0.29, 0.717) is 18.1 Å². The van der Waals surface area contributed by atoms with Crippen molar-refractivity contribution in [2.75, 3.05) is 0 Å². The Morgan fingerprint density at radius 2 is 2.23 bits per heavy atom. The topological polar surface area (TPSA) is 69.3 Å². The molecule has 3 rings (SSSR count). The number of halogens is 2. The fourth-order valence-corrected chi connectivity index (χ4v) is 2.48. The Morgan fingerprint density at radius 3 is 2.96 bits per heavy atom. The molecule has 0 aliphatic heterocycles. The first kappa shape index (κ1) is 18.0. The van der Waals surface area contributed by atoms with Crippen LogP contribution in [0.15, 0.2) is 47.1 Å². The molecule has 1 N–H and O–H groups in total. The van der Waals surface area contributed by atoms with Crippen LogP contribution in [0.2, 0.25) is 5.02 Å². The van der Waals surface area contributed by atoms with Gasteiger partial charge in [-0.3, -0.25) is 9.48 Å². The normalized spacial score (nSPS) is 10.7. The predicted octanol–water partition coefficient (Wildman–Crippen LogP) is 3.80. The van der Waals surface area contributed by atoms with Crippen molar-refractivity contribution in [3.63, 3.8) is 0 Å². The minimum atomic E-state index is -0.441. The minimum Gasteiger partial charge on any atom is -0.484 e. The monoisotopic (exact) mass is 377 g/mol. The lowest BCUT2D eigenvalue weighted by molar-refractivity contribution is 0.0919. The van der Waals surface area contributed by atoms with Crippen LogP contribution in [0.5, 0.6) is 5.75 Å². The number of aromatic nitrogens is 2. The SMILES string of the molecule is CCn1cc(CNC(=O)c2ccc(COc3ccc(F)cc3Cl)o2)cn1. The predicted molar refractivity (Wildman–Crippen MR) is 93.5 cm³/mol. The zero-order valence-corrected chi connectivity index (χ0v) is 14.8. The van der Waals surface area contributed by atoms with E-state index in [9.17, 15) is 9.18 Å². The quantitative estimate of drug-likeness (QED) is 0.680. The van der Waals surface area contributed by atoms with Gasteiger partial charge in [0.15, 0.2) is 5.76 Å². The van der Waals surface area contributed by atoms with Crippen LogP contribution in [0.3, 0.4) is 0 Å². The maximum atomic E-state index is 13.0. The average molecular weight is 378 g/mol. The van der Waals surface area contributed by atoms with Gasteiger partial charge in [0.2, 0.25) is 0 Å². The van der Waals surface area contributed by atoms with Crippen molar-refractivity contribution in [3.8, 4) is 5.75 Å². The van der Waals surface area contributed by atoms with Crippen molar-refractivity contribution in [1.82, 2.24) is 15.1 Å². The summed E-state index contributed by atoms with van der Waals surface area (Å²) in [6, 6.07) is 7.06. The highest BCUT2D eigenvalue weighted by Crippen LogP contribution is 2.25. The van der Waals surface area contributed by atoms with E-state index in [4.69, 9.17) is 20.8 Å². The van der Waals surface area contributed by atoms with Crippen LogP contribution in [0.1, 0.15) is 28.8 Å². The minimum absolute atomic E-state index is 0.0713. The van der Waals surface area contributed by atoms with Gasteiger partial charge < -0.3 is 14.5 Å². The molecule has 0 unspecified atom stereocenters. The number of carbonyl (C=O) groups excluding carboxylic acids is 1. The standard InChI is InChI=1S/C18H17ClFN3O3/c1-2-23-10-12(9-22-23)8-21-18(24)17-6-4-14(26-17)11-25-16-5-3-13(20)7-15(16)19/h3-7,9-10H,2,8,11H2,1H3,(H,21,24). The number of nitrogens with one attached hydrogen (secondary N) is 1. The van der Waals surface area contributed by atoms with Crippen LogP contribution in [0.4, 0.5) is 4.39 Å². The van der Waals surface area contributed by atoms with Crippen molar-refractivity contribution >= 4 is 17.5 Å². The third kappa shape index (κ3) is 4.43. The lowest BCUT2D eigenvalue weighted by atomic mass is 10.3. The summed E-state index contributed by atoms with van der Waals surface area (Å²) in [5, 5.41) is 7.08. The number of furan rings is 1. The number of rotatable bonds is 7. The summed E-state index contributed by atoms with van der Waals surface area (Å²) in [6.45, 7) is 3.19. The largest absolute Gasteiger partial charge is 0.484 e. The molecule has 2 heterocycles. The third-order valence-corrected chi connectivity index (χ3v) is 3.91. The molecule has 0 spiro atoms. The molecule has 0 saturated heterocycles. The molecule has 0 aliphatic carbocycles. The molecule has 6 nitrogen and oxygen atoms in total. The molecule has 2 aromatic heterocycles. The molecule has 0 radical (unpaired) electrons. The zero-order valence-electron chi connectivity index (χ0n) is 14.0. The number of carbonyl (C=O) groups is 1. The number of aryl methyl sites for hydroxylation is 1. The van der Waals surface area contributed by atoms with Gasteiger partial charge in [-0.2, -0.15) is 5.10 Å². The van der Waals surface area contributed by atoms with E-state index in [2.05, 4.69) is 10.4 Å². The fraction of sp³-hybridized carbons (Fsp3) is 0.222. The summed E-state index contributed by atoms with van der Waals surface area (Å²) in [7, 11) is 0. The summed E-state index contributed by atoms with van der Waals surface area (Å²) in [4.78, 5) is 12.1. The van der Waals surface area contributed by atoms with E-state index in [1.807, 2.05) is 13.1 Å². The first-order valence-corrected chi connectivity index (χ1v) is 8.39. The molecule has 3 aromatic rings. The number of nitrogens with zero attached hydrogens (tertiary/aromatic N) is 2. The summed E-state index contributed by atoms with van der Waals surface area (Å²) in [6.07, 6.45) is 3.58. The Hall–Kier alpha value is -2.80. The zero-order chi connectivity index (χ0) is 18.5. The van der Waals surface area contributed by atoms with Gasteiger partial charge in [-0.15, -0.1) is 0 Å². The highest BCUT2D eigenvalue weighted by atomic mass is 35.5. The smallest absolute Gasteiger partial charge is 0.287 e.